The molecule has 1 aromatic rings. The van der Waals surface area contributed by atoms with Crippen LogP contribution >= 0.6 is 0 Å². The summed E-state index contributed by atoms with van der Waals surface area (Å²) in [7, 11) is -4.10. The second kappa shape index (κ2) is 9.12. The molecular formula is C18H24F3N3O4S. The van der Waals surface area contributed by atoms with E-state index in [0.29, 0.717) is 12.6 Å². The molecule has 1 fully saturated rings. The van der Waals surface area contributed by atoms with E-state index in [-0.39, 0.29) is 37.7 Å². The molecule has 7 nitrogen and oxygen atoms in total. The predicted octanol–water partition coefficient (Wildman–Crippen LogP) is 1.75. The van der Waals surface area contributed by atoms with Gasteiger partial charge in [-0.15, -0.1) is 0 Å². The zero-order chi connectivity index (χ0) is 21.8. The van der Waals surface area contributed by atoms with Gasteiger partial charge < -0.3 is 10.6 Å². The van der Waals surface area contributed by atoms with E-state index in [1.165, 1.54) is 0 Å². The van der Waals surface area contributed by atoms with Gasteiger partial charge in [-0.05, 0) is 44.9 Å². The minimum absolute atomic E-state index is 0.00615. The van der Waals surface area contributed by atoms with E-state index in [1.54, 1.807) is 13.8 Å². The van der Waals surface area contributed by atoms with Crippen LogP contribution in [-0.4, -0.2) is 50.2 Å². The maximum atomic E-state index is 12.9. The Morgan fingerprint density at radius 2 is 1.86 bits per heavy atom. The first-order valence-corrected chi connectivity index (χ1v) is 10.7. The van der Waals surface area contributed by atoms with E-state index >= 15 is 0 Å². The highest BCUT2D eigenvalue weighted by molar-refractivity contribution is 7.89. The lowest BCUT2D eigenvalue weighted by molar-refractivity contribution is -0.137. The second-order valence-corrected chi connectivity index (χ2v) is 8.77. The minimum atomic E-state index is -4.64. The molecule has 2 amide bonds. The molecule has 0 saturated carbocycles. The maximum Gasteiger partial charge on any atom is 0.416 e. The molecule has 0 bridgehead atoms. The molecule has 2 rings (SSSR count). The number of benzene rings is 1. The zero-order valence-corrected chi connectivity index (χ0v) is 16.9. The number of hydrogen-bond donors (Lipinski definition) is 2. The Bertz CT molecular complexity index is 850. The Labute approximate surface area is 167 Å². The summed E-state index contributed by atoms with van der Waals surface area (Å²) in [5.74, 6) is -1.13. The lowest BCUT2D eigenvalue weighted by atomic mass is 9.97. The van der Waals surface area contributed by atoms with Crippen LogP contribution in [0.15, 0.2) is 29.2 Å². The van der Waals surface area contributed by atoms with Gasteiger partial charge in [0.25, 0.3) is 0 Å². The molecule has 0 unspecified atom stereocenters. The molecule has 1 aliphatic heterocycles. The maximum absolute atomic E-state index is 12.9. The van der Waals surface area contributed by atoms with Crippen molar-refractivity contribution in [3.8, 4) is 0 Å². The Balaban J connectivity index is 2.01. The Hall–Kier alpha value is -2.14. The predicted molar refractivity (Wildman–Crippen MR) is 99.2 cm³/mol. The van der Waals surface area contributed by atoms with Crippen LogP contribution in [-0.2, 0) is 25.8 Å². The molecule has 0 radical (unpaired) electrons. The van der Waals surface area contributed by atoms with Gasteiger partial charge >= 0.3 is 6.18 Å². The summed E-state index contributed by atoms with van der Waals surface area (Å²) in [6, 6.07) is 2.89. The molecule has 162 valence electrons. The number of alkyl halides is 3. The third kappa shape index (κ3) is 5.69. The van der Waals surface area contributed by atoms with Crippen LogP contribution in [0, 0.1) is 5.92 Å². The molecule has 11 heteroatoms. The average Bonchev–Trinajstić information content (AvgIpc) is 2.67. The van der Waals surface area contributed by atoms with E-state index in [2.05, 4.69) is 10.6 Å². The first-order valence-electron chi connectivity index (χ1n) is 9.22. The Morgan fingerprint density at radius 3 is 2.41 bits per heavy atom. The third-order valence-electron chi connectivity index (χ3n) is 4.73. The van der Waals surface area contributed by atoms with Gasteiger partial charge in [0.05, 0.1) is 10.5 Å². The number of nitrogens with zero attached hydrogens (tertiary/aromatic N) is 1. The van der Waals surface area contributed by atoms with E-state index in [9.17, 15) is 31.2 Å². The molecule has 29 heavy (non-hydrogen) atoms. The number of likely N-dealkylation sites (N-methyl/N-ethyl adjacent to an activating group) is 1. The van der Waals surface area contributed by atoms with Gasteiger partial charge in [0.15, 0.2) is 0 Å². The molecule has 1 saturated heterocycles. The fourth-order valence-electron chi connectivity index (χ4n) is 3.06. The standard InChI is InChI=1S/C18H24F3N3O4S/c1-3-22-16(25)12(2)23-17(26)13-7-9-24(10-8-13)29(27,28)15-6-4-5-14(11-15)18(19,20)21/h4-6,11-13H,3,7-10H2,1-2H3,(H,22,25)(H,23,26)/t12-/m1/s1. The molecule has 1 atom stereocenters. The van der Waals surface area contributed by atoms with Crippen LogP contribution in [0.5, 0.6) is 0 Å². The summed E-state index contributed by atoms with van der Waals surface area (Å²) < 4.78 is 65.1. The summed E-state index contributed by atoms with van der Waals surface area (Å²) in [5, 5.41) is 5.19. The van der Waals surface area contributed by atoms with Gasteiger partial charge in [-0.1, -0.05) is 6.07 Å². The van der Waals surface area contributed by atoms with Gasteiger partial charge in [0.2, 0.25) is 21.8 Å². The van der Waals surface area contributed by atoms with Crippen molar-refractivity contribution in [1.82, 2.24) is 14.9 Å². The first-order chi connectivity index (χ1) is 13.5. The van der Waals surface area contributed by atoms with Crippen LogP contribution in [0.25, 0.3) is 0 Å². The van der Waals surface area contributed by atoms with E-state index in [0.717, 1.165) is 22.5 Å². The Kier molecular flexibility index (Phi) is 7.28. The first kappa shape index (κ1) is 23.1. The van der Waals surface area contributed by atoms with Gasteiger partial charge in [-0.3, -0.25) is 9.59 Å². The number of sulfonamides is 1. The number of amides is 2. The highest BCUT2D eigenvalue weighted by atomic mass is 32.2. The number of piperidine rings is 1. The fraction of sp³-hybridized carbons (Fsp3) is 0.556. The normalized spacial score (nSPS) is 17.6. The van der Waals surface area contributed by atoms with Crippen molar-refractivity contribution in [1.29, 1.82) is 0 Å². The van der Waals surface area contributed by atoms with E-state index < -0.39 is 38.6 Å². The van der Waals surface area contributed by atoms with E-state index in [1.807, 2.05) is 0 Å². The summed E-state index contributed by atoms with van der Waals surface area (Å²) in [6.07, 6.45) is -4.21. The van der Waals surface area contributed by atoms with Gasteiger partial charge in [0.1, 0.15) is 6.04 Å². The van der Waals surface area contributed by atoms with Crippen molar-refractivity contribution in [3.63, 3.8) is 0 Å². The molecule has 2 N–H and O–H groups in total. The quantitative estimate of drug-likeness (QED) is 0.712. The van der Waals surface area contributed by atoms with Gasteiger partial charge in [-0.25, -0.2) is 8.42 Å². The topological polar surface area (TPSA) is 95.6 Å². The molecule has 0 spiro atoms. The number of nitrogens with one attached hydrogen (secondary N) is 2. The van der Waals surface area contributed by atoms with Crippen molar-refractivity contribution in [3.05, 3.63) is 29.8 Å². The van der Waals surface area contributed by atoms with E-state index in [4.69, 9.17) is 0 Å². The van der Waals surface area contributed by atoms with Crippen LogP contribution < -0.4 is 10.6 Å². The van der Waals surface area contributed by atoms with Crippen LogP contribution in [0.1, 0.15) is 32.3 Å². The lowest BCUT2D eigenvalue weighted by Gasteiger charge is -2.31. The highest BCUT2D eigenvalue weighted by Gasteiger charge is 2.35. The summed E-state index contributed by atoms with van der Waals surface area (Å²) in [5.41, 5.74) is -1.04. The second-order valence-electron chi connectivity index (χ2n) is 6.83. The molecule has 1 aliphatic rings. The number of carbonyl (C=O) groups is 2. The largest absolute Gasteiger partial charge is 0.416 e. The van der Waals surface area contributed by atoms with Gasteiger partial charge in [0, 0.05) is 25.6 Å². The van der Waals surface area contributed by atoms with Gasteiger partial charge in [-0.2, -0.15) is 17.5 Å². The summed E-state index contributed by atoms with van der Waals surface area (Å²) in [6.45, 7) is 3.76. The van der Waals surface area contributed by atoms with Crippen molar-refractivity contribution in [2.75, 3.05) is 19.6 Å². The van der Waals surface area contributed by atoms with Crippen molar-refractivity contribution in [2.45, 2.75) is 43.8 Å². The smallest absolute Gasteiger partial charge is 0.355 e. The van der Waals surface area contributed by atoms with Crippen molar-refractivity contribution in [2.24, 2.45) is 5.92 Å². The molecule has 1 aromatic carbocycles. The monoisotopic (exact) mass is 435 g/mol. The SMILES string of the molecule is CCNC(=O)[C@@H](C)NC(=O)C1CCN(S(=O)(=O)c2cccc(C(F)(F)F)c2)CC1. The number of halogens is 3. The summed E-state index contributed by atoms with van der Waals surface area (Å²) >= 11 is 0. The third-order valence-corrected chi connectivity index (χ3v) is 6.62. The molecule has 0 aliphatic carbocycles. The van der Waals surface area contributed by atoms with Crippen LogP contribution in [0.2, 0.25) is 0 Å². The Morgan fingerprint density at radius 1 is 1.24 bits per heavy atom. The number of carbonyl (C=O) groups excluding carboxylic acids is 2. The minimum Gasteiger partial charge on any atom is -0.355 e. The van der Waals surface area contributed by atoms with Crippen LogP contribution in [0.3, 0.4) is 0 Å². The summed E-state index contributed by atoms with van der Waals surface area (Å²) in [4.78, 5) is 23.6. The average molecular weight is 435 g/mol. The fourth-order valence-corrected chi connectivity index (χ4v) is 4.58. The lowest BCUT2D eigenvalue weighted by Crippen LogP contribution is -2.49. The molecule has 0 aromatic heterocycles. The van der Waals surface area contributed by atoms with Crippen molar-refractivity contribution >= 4 is 21.8 Å². The zero-order valence-electron chi connectivity index (χ0n) is 16.1. The molecular weight excluding hydrogens is 411 g/mol. The number of rotatable bonds is 6. The number of hydrogen-bond acceptors (Lipinski definition) is 4. The van der Waals surface area contributed by atoms with Crippen LogP contribution in [0.4, 0.5) is 13.2 Å². The highest BCUT2D eigenvalue weighted by Crippen LogP contribution is 2.32. The van der Waals surface area contributed by atoms with Crippen molar-refractivity contribution < 1.29 is 31.2 Å². The molecule has 1 heterocycles.